The number of anilines is 1. The third-order valence-electron chi connectivity index (χ3n) is 3.57. The standard InChI is InChI=1S/C15H25N3S/c1-4-6-16-10-13-8-12(2)17-15(9-13)18(3)14-5-7-19-11-14/h8-9,14,16H,4-7,10-11H2,1-3H3. The number of nitrogens with zero attached hydrogens (tertiary/aromatic N) is 2. The quantitative estimate of drug-likeness (QED) is 0.811. The van der Waals surface area contributed by atoms with E-state index in [0.717, 1.165) is 24.6 Å². The zero-order valence-electron chi connectivity index (χ0n) is 12.3. The molecule has 0 amide bonds. The summed E-state index contributed by atoms with van der Waals surface area (Å²) in [5.41, 5.74) is 2.46. The van der Waals surface area contributed by atoms with Crippen LogP contribution in [0.3, 0.4) is 0 Å². The van der Waals surface area contributed by atoms with E-state index >= 15 is 0 Å². The van der Waals surface area contributed by atoms with Crippen LogP contribution in [-0.2, 0) is 6.54 Å². The summed E-state index contributed by atoms with van der Waals surface area (Å²) in [4.78, 5) is 7.05. The van der Waals surface area contributed by atoms with Gasteiger partial charge < -0.3 is 10.2 Å². The number of hydrogen-bond acceptors (Lipinski definition) is 4. The first-order valence-corrected chi connectivity index (χ1v) is 8.35. The third kappa shape index (κ3) is 4.11. The molecule has 1 saturated heterocycles. The van der Waals surface area contributed by atoms with Crippen LogP contribution in [0.1, 0.15) is 31.0 Å². The zero-order chi connectivity index (χ0) is 13.7. The van der Waals surface area contributed by atoms with Crippen LogP contribution in [0, 0.1) is 6.92 Å². The average Bonchev–Trinajstić information content (AvgIpc) is 2.91. The minimum atomic E-state index is 0.649. The maximum atomic E-state index is 4.70. The van der Waals surface area contributed by atoms with Gasteiger partial charge in [-0.05, 0) is 49.8 Å². The van der Waals surface area contributed by atoms with Crippen molar-refractivity contribution in [3.05, 3.63) is 23.4 Å². The van der Waals surface area contributed by atoms with Gasteiger partial charge in [0.25, 0.3) is 0 Å². The average molecular weight is 279 g/mol. The van der Waals surface area contributed by atoms with Crippen molar-refractivity contribution >= 4 is 17.6 Å². The first-order valence-electron chi connectivity index (χ1n) is 7.19. The molecular formula is C15H25N3S. The topological polar surface area (TPSA) is 28.2 Å². The lowest BCUT2D eigenvalue weighted by Crippen LogP contribution is -2.32. The minimum absolute atomic E-state index is 0.649. The molecule has 0 spiro atoms. The molecule has 3 nitrogen and oxygen atoms in total. The SMILES string of the molecule is CCCNCc1cc(C)nc(N(C)C2CCSC2)c1. The highest BCUT2D eigenvalue weighted by Gasteiger charge is 2.21. The molecule has 1 aromatic rings. The highest BCUT2D eigenvalue weighted by atomic mass is 32.2. The summed E-state index contributed by atoms with van der Waals surface area (Å²) in [5.74, 6) is 3.64. The van der Waals surface area contributed by atoms with E-state index in [9.17, 15) is 0 Å². The fourth-order valence-corrected chi connectivity index (χ4v) is 3.70. The van der Waals surface area contributed by atoms with Gasteiger partial charge in [0.1, 0.15) is 5.82 Å². The maximum Gasteiger partial charge on any atom is 0.129 e. The molecule has 0 saturated carbocycles. The summed E-state index contributed by atoms with van der Waals surface area (Å²) in [5, 5.41) is 3.46. The minimum Gasteiger partial charge on any atom is -0.356 e. The van der Waals surface area contributed by atoms with Crippen LogP contribution in [0.2, 0.25) is 0 Å². The van der Waals surface area contributed by atoms with Crippen molar-refractivity contribution in [3.63, 3.8) is 0 Å². The Morgan fingerprint density at radius 3 is 3.00 bits per heavy atom. The molecule has 1 atom stereocenters. The Labute approximate surface area is 121 Å². The van der Waals surface area contributed by atoms with E-state index in [1.165, 1.54) is 29.9 Å². The van der Waals surface area contributed by atoms with Crippen molar-refractivity contribution in [3.8, 4) is 0 Å². The Kier molecular flexibility index (Phi) is 5.52. The summed E-state index contributed by atoms with van der Waals surface area (Å²) in [6, 6.07) is 5.07. The smallest absolute Gasteiger partial charge is 0.129 e. The van der Waals surface area contributed by atoms with Crippen molar-refractivity contribution in [2.24, 2.45) is 0 Å². The number of nitrogens with one attached hydrogen (secondary N) is 1. The van der Waals surface area contributed by atoms with Crippen LogP contribution in [0.5, 0.6) is 0 Å². The van der Waals surface area contributed by atoms with E-state index in [4.69, 9.17) is 4.98 Å². The van der Waals surface area contributed by atoms with Gasteiger partial charge in [-0.1, -0.05) is 6.92 Å². The van der Waals surface area contributed by atoms with Crippen LogP contribution in [-0.4, -0.2) is 36.1 Å². The summed E-state index contributed by atoms with van der Waals surface area (Å²) in [7, 11) is 2.18. The Morgan fingerprint density at radius 2 is 2.32 bits per heavy atom. The molecular weight excluding hydrogens is 254 g/mol. The maximum absolute atomic E-state index is 4.70. The second kappa shape index (κ2) is 7.15. The summed E-state index contributed by atoms with van der Waals surface area (Å²) in [6.45, 7) is 6.30. The van der Waals surface area contributed by atoms with Crippen LogP contribution >= 0.6 is 11.8 Å². The van der Waals surface area contributed by atoms with Gasteiger partial charge >= 0.3 is 0 Å². The first-order chi connectivity index (χ1) is 9.20. The van der Waals surface area contributed by atoms with E-state index in [2.05, 4.69) is 43.2 Å². The largest absolute Gasteiger partial charge is 0.356 e. The molecule has 106 valence electrons. The molecule has 1 unspecified atom stereocenters. The van der Waals surface area contributed by atoms with Crippen molar-refractivity contribution in [2.45, 2.75) is 39.3 Å². The number of hydrogen-bond donors (Lipinski definition) is 1. The van der Waals surface area contributed by atoms with Gasteiger partial charge in [0.2, 0.25) is 0 Å². The molecule has 1 aliphatic heterocycles. The van der Waals surface area contributed by atoms with Gasteiger partial charge in [0, 0.05) is 31.1 Å². The number of aromatic nitrogens is 1. The van der Waals surface area contributed by atoms with Gasteiger partial charge in [0.15, 0.2) is 0 Å². The molecule has 1 fully saturated rings. The van der Waals surface area contributed by atoms with Crippen molar-refractivity contribution in [1.29, 1.82) is 0 Å². The number of aryl methyl sites for hydroxylation is 1. The molecule has 0 aromatic carbocycles. The predicted octanol–water partition coefficient (Wildman–Crippen LogP) is 2.83. The molecule has 19 heavy (non-hydrogen) atoms. The van der Waals surface area contributed by atoms with Gasteiger partial charge in [-0.3, -0.25) is 0 Å². The fourth-order valence-electron chi connectivity index (χ4n) is 2.43. The van der Waals surface area contributed by atoms with Crippen LogP contribution in [0.25, 0.3) is 0 Å². The molecule has 1 aromatic heterocycles. The Bertz CT molecular complexity index is 402. The highest BCUT2D eigenvalue weighted by Crippen LogP contribution is 2.25. The summed E-state index contributed by atoms with van der Waals surface area (Å²) in [6.07, 6.45) is 2.45. The van der Waals surface area contributed by atoms with Gasteiger partial charge in [-0.25, -0.2) is 4.98 Å². The number of pyridine rings is 1. The summed E-state index contributed by atoms with van der Waals surface area (Å²) < 4.78 is 0. The van der Waals surface area contributed by atoms with E-state index in [1.54, 1.807) is 0 Å². The molecule has 0 bridgehead atoms. The van der Waals surface area contributed by atoms with Crippen LogP contribution < -0.4 is 10.2 Å². The highest BCUT2D eigenvalue weighted by molar-refractivity contribution is 7.99. The van der Waals surface area contributed by atoms with Crippen molar-refractivity contribution in [2.75, 3.05) is 30.0 Å². The van der Waals surface area contributed by atoms with E-state index in [-0.39, 0.29) is 0 Å². The second-order valence-electron chi connectivity index (χ2n) is 5.28. The Balaban J connectivity index is 2.06. The monoisotopic (exact) mass is 279 g/mol. The van der Waals surface area contributed by atoms with E-state index < -0.39 is 0 Å². The molecule has 2 rings (SSSR count). The lowest BCUT2D eigenvalue weighted by atomic mass is 10.2. The normalized spacial score (nSPS) is 18.8. The number of thioether (sulfide) groups is 1. The third-order valence-corrected chi connectivity index (χ3v) is 4.72. The van der Waals surface area contributed by atoms with Crippen molar-refractivity contribution < 1.29 is 0 Å². The van der Waals surface area contributed by atoms with Crippen LogP contribution in [0.4, 0.5) is 5.82 Å². The molecule has 0 radical (unpaired) electrons. The van der Waals surface area contributed by atoms with Gasteiger partial charge in [-0.2, -0.15) is 11.8 Å². The second-order valence-corrected chi connectivity index (χ2v) is 6.43. The predicted molar refractivity (Wildman–Crippen MR) is 85.1 cm³/mol. The molecule has 0 aliphatic carbocycles. The lowest BCUT2D eigenvalue weighted by Gasteiger charge is -2.25. The Hall–Kier alpha value is -0.740. The fraction of sp³-hybridized carbons (Fsp3) is 0.667. The zero-order valence-corrected chi connectivity index (χ0v) is 13.1. The summed E-state index contributed by atoms with van der Waals surface area (Å²) >= 11 is 2.05. The first kappa shape index (κ1) is 14.7. The Morgan fingerprint density at radius 1 is 1.47 bits per heavy atom. The molecule has 1 N–H and O–H groups in total. The molecule has 1 aliphatic rings. The lowest BCUT2D eigenvalue weighted by molar-refractivity contribution is 0.669. The van der Waals surface area contributed by atoms with Crippen molar-refractivity contribution in [1.82, 2.24) is 10.3 Å². The number of rotatable bonds is 6. The van der Waals surface area contributed by atoms with E-state index in [1.807, 2.05) is 11.8 Å². The van der Waals surface area contributed by atoms with Gasteiger partial charge in [-0.15, -0.1) is 0 Å². The van der Waals surface area contributed by atoms with Crippen LogP contribution in [0.15, 0.2) is 12.1 Å². The molecule has 2 heterocycles. The molecule has 4 heteroatoms. The van der Waals surface area contributed by atoms with E-state index in [0.29, 0.717) is 6.04 Å². The van der Waals surface area contributed by atoms with Gasteiger partial charge in [0.05, 0.1) is 0 Å².